The van der Waals surface area contributed by atoms with Crippen LogP contribution in [0.4, 0.5) is 0 Å². The first-order chi connectivity index (χ1) is 17.0. The average molecular weight is 542 g/mol. The van der Waals surface area contributed by atoms with Gasteiger partial charge in [0.25, 0.3) is 11.5 Å². The van der Waals surface area contributed by atoms with E-state index in [4.69, 9.17) is 0 Å². The Hall–Kier alpha value is -2.93. The number of rotatable bonds is 6. The molecule has 0 atom stereocenters. The minimum absolute atomic E-state index is 0. The Balaban J connectivity index is 0.00000190. The lowest BCUT2D eigenvalue weighted by Gasteiger charge is -2.32. The van der Waals surface area contributed by atoms with E-state index < -0.39 is 0 Å². The molecule has 1 aliphatic rings. The molecule has 0 radical (unpaired) electrons. The highest BCUT2D eigenvalue weighted by atomic mass is 35.5. The third-order valence-electron chi connectivity index (χ3n) is 7.13. The van der Waals surface area contributed by atoms with E-state index in [2.05, 4.69) is 59.4 Å². The van der Waals surface area contributed by atoms with Gasteiger partial charge in [0.1, 0.15) is 5.65 Å². The summed E-state index contributed by atoms with van der Waals surface area (Å²) in [5.41, 5.74) is 4.05. The molecule has 1 N–H and O–H groups in total. The van der Waals surface area contributed by atoms with Crippen molar-refractivity contribution in [2.75, 3.05) is 26.2 Å². The topological polar surface area (TPSA) is 66.7 Å². The van der Waals surface area contributed by atoms with E-state index in [-0.39, 0.29) is 36.3 Å². The number of fused-ring (bicyclic) bond motifs is 2. The number of benzene rings is 2. The summed E-state index contributed by atoms with van der Waals surface area (Å²) < 4.78 is 1.48. The second kappa shape index (κ2) is 12.5. The quantitative estimate of drug-likeness (QED) is 0.331. The van der Waals surface area contributed by atoms with Crippen LogP contribution in [0.25, 0.3) is 16.6 Å². The van der Waals surface area contributed by atoms with E-state index in [0.717, 1.165) is 38.0 Å². The third-order valence-corrected chi connectivity index (χ3v) is 7.13. The van der Waals surface area contributed by atoms with Gasteiger partial charge in [-0.2, -0.15) is 0 Å². The van der Waals surface area contributed by atoms with Crippen molar-refractivity contribution in [3.8, 4) is 0 Å². The third kappa shape index (κ3) is 6.32. The van der Waals surface area contributed by atoms with Gasteiger partial charge < -0.3 is 10.2 Å². The molecule has 1 fully saturated rings. The van der Waals surface area contributed by atoms with Crippen molar-refractivity contribution < 1.29 is 4.79 Å². The second-order valence-electron chi connectivity index (χ2n) is 9.78. The number of halogens is 2. The van der Waals surface area contributed by atoms with Gasteiger partial charge in [0, 0.05) is 19.3 Å². The molecule has 1 aliphatic heterocycles. The fraction of sp³-hybridized carbons (Fsp3) is 0.345. The standard InChI is InChI=1S/C29H32N4O2.2ClH/c1-20(2)23-8-10-26-25(18-23)29(35)33-19-24(9-11-27(33)31-26)28(34)30-14-17-32-15-12-22(13-16-32)21-6-4-3-5-7-21;;/h3-11,18-20,22H,12-17H2,1-2H3,(H,30,34);2*1H. The number of carbonyl (C=O) groups excluding carboxylic acids is 1. The number of likely N-dealkylation sites (tertiary alicyclic amines) is 1. The van der Waals surface area contributed by atoms with Crippen LogP contribution in [0.2, 0.25) is 0 Å². The summed E-state index contributed by atoms with van der Waals surface area (Å²) in [6, 6.07) is 20.0. The monoisotopic (exact) mass is 540 g/mol. The predicted octanol–water partition coefficient (Wildman–Crippen LogP) is 5.42. The highest BCUT2D eigenvalue weighted by Crippen LogP contribution is 2.27. The number of nitrogens with zero attached hydrogens (tertiary/aromatic N) is 3. The molecule has 0 saturated carbocycles. The Bertz CT molecular complexity index is 1410. The van der Waals surface area contributed by atoms with Crippen LogP contribution in [0, 0.1) is 0 Å². The van der Waals surface area contributed by atoms with Gasteiger partial charge >= 0.3 is 0 Å². The Morgan fingerprint density at radius 3 is 2.46 bits per heavy atom. The molecule has 4 aromatic rings. The van der Waals surface area contributed by atoms with Crippen molar-refractivity contribution in [3.05, 3.63) is 93.9 Å². The Morgan fingerprint density at radius 2 is 1.76 bits per heavy atom. The lowest BCUT2D eigenvalue weighted by atomic mass is 9.89. The van der Waals surface area contributed by atoms with E-state index in [1.807, 2.05) is 18.2 Å². The van der Waals surface area contributed by atoms with Gasteiger partial charge in [-0.25, -0.2) is 4.98 Å². The average Bonchev–Trinajstić information content (AvgIpc) is 2.89. The van der Waals surface area contributed by atoms with Crippen LogP contribution in [0.1, 0.15) is 60.0 Å². The summed E-state index contributed by atoms with van der Waals surface area (Å²) in [5.74, 6) is 0.772. The van der Waals surface area contributed by atoms with Crippen LogP contribution in [-0.2, 0) is 0 Å². The number of aromatic nitrogens is 2. The summed E-state index contributed by atoms with van der Waals surface area (Å²) in [6.07, 6.45) is 3.89. The number of piperidine rings is 1. The van der Waals surface area contributed by atoms with Crippen LogP contribution in [0.15, 0.2) is 71.7 Å². The fourth-order valence-corrected chi connectivity index (χ4v) is 4.96. The van der Waals surface area contributed by atoms with Crippen molar-refractivity contribution in [2.45, 2.75) is 38.5 Å². The summed E-state index contributed by atoms with van der Waals surface area (Å²) in [7, 11) is 0. The molecule has 5 rings (SSSR count). The van der Waals surface area contributed by atoms with Crippen LogP contribution < -0.4 is 10.9 Å². The summed E-state index contributed by atoms with van der Waals surface area (Å²) in [6.45, 7) is 7.68. The zero-order chi connectivity index (χ0) is 24.4. The number of nitrogens with one attached hydrogen (secondary N) is 1. The van der Waals surface area contributed by atoms with Crippen LogP contribution in [-0.4, -0.2) is 46.4 Å². The van der Waals surface area contributed by atoms with Crippen molar-refractivity contribution in [1.82, 2.24) is 19.6 Å². The molecule has 1 saturated heterocycles. The molecular weight excluding hydrogens is 507 g/mol. The molecule has 3 heterocycles. The molecule has 8 heteroatoms. The van der Waals surface area contributed by atoms with Gasteiger partial charge in [-0.15, -0.1) is 24.8 Å². The SMILES string of the molecule is CC(C)c1ccc2nc3ccc(C(=O)NCCN4CCC(c5ccccc5)CC4)cn3c(=O)c2c1.Cl.Cl. The number of hydrogen-bond acceptors (Lipinski definition) is 4. The predicted molar refractivity (Wildman–Crippen MR) is 155 cm³/mol. The molecule has 0 aliphatic carbocycles. The van der Waals surface area contributed by atoms with Crippen molar-refractivity contribution in [3.63, 3.8) is 0 Å². The van der Waals surface area contributed by atoms with Gasteiger partial charge in [-0.05, 0) is 73.2 Å². The molecular formula is C29H34Cl2N4O2. The van der Waals surface area contributed by atoms with Gasteiger partial charge in [-0.3, -0.25) is 14.0 Å². The first kappa shape index (κ1) is 28.6. The summed E-state index contributed by atoms with van der Waals surface area (Å²) in [4.78, 5) is 33.0. The van der Waals surface area contributed by atoms with E-state index in [1.165, 1.54) is 9.96 Å². The highest BCUT2D eigenvalue weighted by Gasteiger charge is 2.20. The van der Waals surface area contributed by atoms with E-state index >= 15 is 0 Å². The maximum atomic E-state index is 13.2. The second-order valence-corrected chi connectivity index (χ2v) is 9.78. The van der Waals surface area contributed by atoms with Gasteiger partial charge in [-0.1, -0.05) is 50.2 Å². The summed E-state index contributed by atoms with van der Waals surface area (Å²) >= 11 is 0. The lowest BCUT2D eigenvalue weighted by Crippen LogP contribution is -2.39. The zero-order valence-electron chi connectivity index (χ0n) is 21.2. The highest BCUT2D eigenvalue weighted by molar-refractivity contribution is 5.94. The number of pyridine rings is 1. The van der Waals surface area contributed by atoms with Crippen molar-refractivity contribution in [2.24, 2.45) is 0 Å². The molecule has 0 bridgehead atoms. The number of amides is 1. The van der Waals surface area contributed by atoms with Crippen LogP contribution >= 0.6 is 24.8 Å². The van der Waals surface area contributed by atoms with Crippen LogP contribution in [0.3, 0.4) is 0 Å². The van der Waals surface area contributed by atoms with E-state index in [1.54, 1.807) is 18.3 Å². The van der Waals surface area contributed by atoms with E-state index in [9.17, 15) is 9.59 Å². The van der Waals surface area contributed by atoms with Gasteiger partial charge in [0.15, 0.2) is 0 Å². The van der Waals surface area contributed by atoms with Gasteiger partial charge in [0.05, 0.1) is 16.5 Å². The molecule has 2 aromatic heterocycles. The molecule has 6 nitrogen and oxygen atoms in total. The maximum Gasteiger partial charge on any atom is 0.265 e. The van der Waals surface area contributed by atoms with E-state index in [0.29, 0.717) is 40.5 Å². The molecule has 37 heavy (non-hydrogen) atoms. The Labute approximate surface area is 229 Å². The normalized spacial score (nSPS) is 14.4. The largest absolute Gasteiger partial charge is 0.351 e. The van der Waals surface area contributed by atoms with Crippen LogP contribution in [0.5, 0.6) is 0 Å². The van der Waals surface area contributed by atoms with Crippen molar-refractivity contribution in [1.29, 1.82) is 0 Å². The first-order valence-electron chi connectivity index (χ1n) is 12.5. The first-order valence-corrected chi connectivity index (χ1v) is 12.5. The molecule has 1 amide bonds. The molecule has 0 spiro atoms. The zero-order valence-corrected chi connectivity index (χ0v) is 22.9. The molecule has 2 aromatic carbocycles. The summed E-state index contributed by atoms with van der Waals surface area (Å²) in [5, 5.41) is 3.59. The Kier molecular flexibility index (Phi) is 9.71. The maximum absolute atomic E-state index is 13.2. The minimum atomic E-state index is -0.172. The smallest absolute Gasteiger partial charge is 0.265 e. The van der Waals surface area contributed by atoms with Crippen molar-refractivity contribution >= 4 is 47.3 Å². The minimum Gasteiger partial charge on any atom is -0.351 e. The lowest BCUT2D eigenvalue weighted by molar-refractivity contribution is 0.0945. The number of hydrogen-bond donors (Lipinski definition) is 1. The molecule has 0 unspecified atom stereocenters. The Morgan fingerprint density at radius 1 is 1.03 bits per heavy atom. The number of carbonyl (C=O) groups is 1. The van der Waals surface area contributed by atoms with Gasteiger partial charge in [0.2, 0.25) is 0 Å². The molecule has 196 valence electrons. The fourth-order valence-electron chi connectivity index (χ4n) is 4.96.